The van der Waals surface area contributed by atoms with Gasteiger partial charge in [0.25, 0.3) is 0 Å². The van der Waals surface area contributed by atoms with Crippen molar-refractivity contribution < 1.29 is 9.53 Å². The number of thiol groups is 1. The molecule has 1 amide bonds. The molecule has 1 saturated heterocycles. The first kappa shape index (κ1) is 20.4. The first-order chi connectivity index (χ1) is 11.5. The van der Waals surface area contributed by atoms with E-state index in [1.165, 1.54) is 0 Å². The molecule has 1 saturated carbocycles. The minimum Gasteiger partial charge on any atom is -0.377 e. The molecule has 0 aromatic heterocycles. The van der Waals surface area contributed by atoms with Gasteiger partial charge in [0.15, 0.2) is 0 Å². The van der Waals surface area contributed by atoms with E-state index in [1.54, 1.807) is 10.8 Å². The number of carbonyl (C=O) groups is 1. The van der Waals surface area contributed by atoms with Crippen molar-refractivity contribution in [3.63, 3.8) is 0 Å². The Bertz CT molecular complexity index is 384. The van der Waals surface area contributed by atoms with E-state index in [-0.39, 0.29) is 11.8 Å². The summed E-state index contributed by atoms with van der Waals surface area (Å²) in [5.74, 6) is 0.222. The minimum absolute atomic E-state index is 0.0676. The summed E-state index contributed by atoms with van der Waals surface area (Å²) < 4.78 is 5.94. The van der Waals surface area contributed by atoms with Gasteiger partial charge in [-0.05, 0) is 12.8 Å². The molecule has 1 atom stereocenters. The van der Waals surface area contributed by atoms with E-state index in [2.05, 4.69) is 33.7 Å². The maximum absolute atomic E-state index is 11.6. The van der Waals surface area contributed by atoms with Gasteiger partial charge in [-0.15, -0.1) is 11.7 Å². The fourth-order valence-electron chi connectivity index (χ4n) is 3.13. The molecule has 1 unspecified atom stereocenters. The van der Waals surface area contributed by atoms with Crippen LogP contribution in [0.15, 0.2) is 0 Å². The zero-order chi connectivity index (χ0) is 17.5. The van der Waals surface area contributed by atoms with Crippen molar-refractivity contribution in [3.8, 4) is 0 Å². The summed E-state index contributed by atoms with van der Waals surface area (Å²) in [5.41, 5.74) is 0. The quantitative estimate of drug-likeness (QED) is 0.476. The number of rotatable bonds is 9. The Kier molecular flexibility index (Phi) is 8.71. The van der Waals surface area contributed by atoms with E-state index >= 15 is 0 Å². The number of carbonyl (C=O) groups excluding carboxylic acids is 1. The van der Waals surface area contributed by atoms with E-state index in [0.29, 0.717) is 17.4 Å². The molecular weight excluding hydrogens is 342 g/mol. The average molecular weight is 376 g/mol. The van der Waals surface area contributed by atoms with Crippen molar-refractivity contribution in [2.45, 2.75) is 51.0 Å². The van der Waals surface area contributed by atoms with Gasteiger partial charge in [-0.1, -0.05) is 31.6 Å². The van der Waals surface area contributed by atoms with Crippen LogP contribution in [-0.2, 0) is 9.53 Å². The molecule has 7 heteroatoms. The van der Waals surface area contributed by atoms with Gasteiger partial charge in [-0.2, -0.15) is 0 Å². The summed E-state index contributed by atoms with van der Waals surface area (Å²) in [6, 6.07) is 0.320. The second-order valence-electron chi connectivity index (χ2n) is 7.38. The van der Waals surface area contributed by atoms with E-state index in [0.717, 1.165) is 58.7 Å². The normalized spacial score (nSPS) is 27.0. The molecule has 0 bridgehead atoms. The fourth-order valence-corrected chi connectivity index (χ4v) is 3.61. The SMILES string of the molecule is CC(CN1CCN(CCOC2CC(NC(=O)C(C)C)C2)CC1)SS. The second-order valence-corrected chi connectivity index (χ2v) is 9.03. The molecule has 1 aliphatic carbocycles. The Hall–Kier alpha value is 0.0500. The van der Waals surface area contributed by atoms with Crippen LogP contribution in [0.3, 0.4) is 0 Å². The molecule has 0 aromatic rings. The number of hydrogen-bond acceptors (Lipinski definition) is 6. The highest BCUT2D eigenvalue weighted by Crippen LogP contribution is 2.23. The Morgan fingerprint density at radius 2 is 1.83 bits per heavy atom. The largest absolute Gasteiger partial charge is 0.377 e. The van der Waals surface area contributed by atoms with Gasteiger partial charge in [0.05, 0.1) is 12.7 Å². The molecule has 2 aliphatic rings. The highest BCUT2D eigenvalue weighted by molar-refractivity contribution is 8.68. The molecule has 0 spiro atoms. The van der Waals surface area contributed by atoms with Crippen LogP contribution in [0.1, 0.15) is 33.6 Å². The predicted octanol–water partition coefficient (Wildman–Crippen LogP) is 1.89. The number of nitrogens with one attached hydrogen (secondary N) is 1. The molecule has 2 rings (SSSR count). The van der Waals surface area contributed by atoms with Gasteiger partial charge >= 0.3 is 0 Å². The Morgan fingerprint density at radius 3 is 2.42 bits per heavy atom. The molecule has 24 heavy (non-hydrogen) atoms. The third-order valence-electron chi connectivity index (χ3n) is 4.89. The lowest BCUT2D eigenvalue weighted by Gasteiger charge is -2.38. The van der Waals surface area contributed by atoms with E-state index in [1.807, 2.05) is 13.8 Å². The maximum Gasteiger partial charge on any atom is 0.222 e. The third-order valence-corrected chi connectivity index (χ3v) is 6.48. The lowest BCUT2D eigenvalue weighted by Crippen LogP contribution is -2.50. The summed E-state index contributed by atoms with van der Waals surface area (Å²) in [4.78, 5) is 16.6. The van der Waals surface area contributed by atoms with Crippen LogP contribution in [0.25, 0.3) is 0 Å². The first-order valence-corrected chi connectivity index (χ1v) is 11.1. The zero-order valence-corrected chi connectivity index (χ0v) is 17.0. The van der Waals surface area contributed by atoms with Gasteiger partial charge in [0, 0.05) is 56.5 Å². The van der Waals surface area contributed by atoms with Crippen LogP contribution in [0.4, 0.5) is 0 Å². The lowest BCUT2D eigenvalue weighted by atomic mass is 9.89. The molecule has 1 aliphatic heterocycles. The summed E-state index contributed by atoms with van der Waals surface area (Å²) in [6.45, 7) is 13.6. The van der Waals surface area contributed by atoms with Gasteiger partial charge in [-0.25, -0.2) is 0 Å². The smallest absolute Gasteiger partial charge is 0.222 e. The molecule has 140 valence electrons. The molecule has 5 nitrogen and oxygen atoms in total. The van der Waals surface area contributed by atoms with Crippen LogP contribution in [0.2, 0.25) is 0 Å². The maximum atomic E-state index is 11.6. The standard InChI is InChI=1S/C17H33N3O2S2/c1-13(2)17(21)18-15-10-16(11-15)22-9-8-19-4-6-20(7-5-19)12-14(3)24-23/h13-16,23H,4-12H2,1-3H3,(H,18,21). The lowest BCUT2D eigenvalue weighted by molar-refractivity contribution is -0.126. The second kappa shape index (κ2) is 10.3. The van der Waals surface area contributed by atoms with Gasteiger partial charge in [0.1, 0.15) is 0 Å². The van der Waals surface area contributed by atoms with Crippen LogP contribution >= 0.6 is 22.5 Å². The van der Waals surface area contributed by atoms with Crippen molar-refractivity contribution in [2.75, 3.05) is 45.9 Å². The van der Waals surface area contributed by atoms with Gasteiger partial charge in [0.2, 0.25) is 5.91 Å². The number of amides is 1. The van der Waals surface area contributed by atoms with Crippen molar-refractivity contribution in [1.29, 1.82) is 0 Å². The Labute approximate surface area is 156 Å². The minimum atomic E-state index is 0.0676. The monoisotopic (exact) mass is 375 g/mol. The summed E-state index contributed by atoms with van der Waals surface area (Å²) in [6.07, 6.45) is 2.26. The van der Waals surface area contributed by atoms with E-state index < -0.39 is 0 Å². The van der Waals surface area contributed by atoms with Crippen LogP contribution in [0.5, 0.6) is 0 Å². The van der Waals surface area contributed by atoms with E-state index in [9.17, 15) is 4.79 Å². The third kappa shape index (κ3) is 6.75. The van der Waals surface area contributed by atoms with Crippen LogP contribution < -0.4 is 5.32 Å². The molecule has 0 aromatic carbocycles. The zero-order valence-electron chi connectivity index (χ0n) is 15.2. The summed E-state index contributed by atoms with van der Waals surface area (Å²) in [5, 5.41) is 3.66. The number of ether oxygens (including phenoxy) is 1. The Balaban J connectivity index is 1.49. The van der Waals surface area contributed by atoms with Crippen molar-refractivity contribution in [2.24, 2.45) is 5.92 Å². The van der Waals surface area contributed by atoms with Crippen molar-refractivity contribution in [1.82, 2.24) is 15.1 Å². The number of hydrogen-bond donors (Lipinski definition) is 2. The van der Waals surface area contributed by atoms with Gasteiger partial charge in [-0.3, -0.25) is 14.6 Å². The Morgan fingerprint density at radius 1 is 1.21 bits per heavy atom. The molecular formula is C17H33N3O2S2. The average Bonchev–Trinajstić information content (AvgIpc) is 2.53. The molecule has 1 N–H and O–H groups in total. The van der Waals surface area contributed by atoms with Crippen LogP contribution in [-0.4, -0.2) is 79.0 Å². The first-order valence-electron chi connectivity index (χ1n) is 9.14. The predicted molar refractivity (Wildman–Crippen MR) is 105 cm³/mol. The number of nitrogens with zero attached hydrogens (tertiary/aromatic N) is 2. The van der Waals surface area contributed by atoms with E-state index in [4.69, 9.17) is 4.74 Å². The van der Waals surface area contributed by atoms with Crippen molar-refractivity contribution >= 4 is 28.4 Å². The number of piperazine rings is 1. The topological polar surface area (TPSA) is 44.8 Å². The summed E-state index contributed by atoms with van der Waals surface area (Å²) >= 11 is 4.29. The van der Waals surface area contributed by atoms with Crippen LogP contribution in [0, 0.1) is 5.92 Å². The fraction of sp³-hybridized carbons (Fsp3) is 0.941. The summed E-state index contributed by atoms with van der Waals surface area (Å²) in [7, 11) is 1.64. The molecule has 0 radical (unpaired) electrons. The highest BCUT2D eigenvalue weighted by atomic mass is 33.1. The van der Waals surface area contributed by atoms with Gasteiger partial charge < -0.3 is 10.1 Å². The molecule has 2 fully saturated rings. The molecule has 1 heterocycles. The highest BCUT2D eigenvalue weighted by Gasteiger charge is 2.31. The van der Waals surface area contributed by atoms with Crippen molar-refractivity contribution in [3.05, 3.63) is 0 Å².